The second-order valence-corrected chi connectivity index (χ2v) is 5.23. The summed E-state index contributed by atoms with van der Waals surface area (Å²) in [6.07, 6.45) is 7.52. The number of rotatable bonds is 2. The van der Waals surface area contributed by atoms with E-state index in [0.717, 1.165) is 33.8 Å². The van der Waals surface area contributed by atoms with E-state index in [4.69, 9.17) is 5.73 Å². The van der Waals surface area contributed by atoms with Crippen LogP contribution in [-0.4, -0.2) is 19.2 Å². The molecule has 0 aliphatic heterocycles. The summed E-state index contributed by atoms with van der Waals surface area (Å²) in [6, 6.07) is 11.9. The number of aromatic nitrogens is 4. The number of pyridine rings is 1. The summed E-state index contributed by atoms with van der Waals surface area (Å²) in [5.41, 5.74) is 11.8. The molecule has 3 heterocycles. The van der Waals surface area contributed by atoms with Crippen molar-refractivity contribution in [1.82, 2.24) is 19.2 Å². The highest BCUT2D eigenvalue weighted by molar-refractivity contribution is 5.66. The van der Waals surface area contributed by atoms with Crippen LogP contribution in [0.3, 0.4) is 0 Å². The zero-order chi connectivity index (χ0) is 15.1. The van der Waals surface area contributed by atoms with Crippen LogP contribution in [0.2, 0.25) is 0 Å². The van der Waals surface area contributed by atoms with Gasteiger partial charge in [0.2, 0.25) is 0 Å². The summed E-state index contributed by atoms with van der Waals surface area (Å²) < 4.78 is 3.96. The molecule has 0 unspecified atom stereocenters. The minimum atomic E-state index is 0.788. The number of fused-ring (bicyclic) bond motifs is 1. The fraction of sp³-hybridized carbons (Fsp3) is 0.0588. The largest absolute Gasteiger partial charge is 0.398 e. The summed E-state index contributed by atoms with van der Waals surface area (Å²) in [5.74, 6) is 0. The van der Waals surface area contributed by atoms with Crippen molar-refractivity contribution in [2.24, 2.45) is 0 Å². The van der Waals surface area contributed by atoms with Crippen molar-refractivity contribution < 1.29 is 0 Å². The standard InChI is InChI=1S/C17H15N5/c1-12-14(18)5-2-6-16(12)21-8-9-22-17(21)10-15(20-22)13-4-3-7-19-11-13/h2-11H,18H2,1H3. The third-order valence-corrected chi connectivity index (χ3v) is 3.88. The molecule has 0 atom stereocenters. The number of hydrogen-bond donors (Lipinski definition) is 1. The van der Waals surface area contributed by atoms with Gasteiger partial charge in [0.05, 0.1) is 11.4 Å². The highest BCUT2D eigenvalue weighted by Gasteiger charge is 2.11. The van der Waals surface area contributed by atoms with Gasteiger partial charge in [-0.15, -0.1) is 0 Å². The Balaban J connectivity index is 1.90. The summed E-state index contributed by atoms with van der Waals surface area (Å²) in [7, 11) is 0. The topological polar surface area (TPSA) is 61.1 Å². The Morgan fingerprint density at radius 3 is 2.82 bits per heavy atom. The molecule has 22 heavy (non-hydrogen) atoms. The molecule has 0 fully saturated rings. The van der Waals surface area contributed by atoms with Gasteiger partial charge in [0.1, 0.15) is 5.65 Å². The monoisotopic (exact) mass is 289 g/mol. The minimum Gasteiger partial charge on any atom is -0.398 e. The Hall–Kier alpha value is -3.08. The molecule has 108 valence electrons. The smallest absolute Gasteiger partial charge is 0.140 e. The first-order valence-corrected chi connectivity index (χ1v) is 7.06. The molecule has 3 aromatic heterocycles. The van der Waals surface area contributed by atoms with E-state index in [-0.39, 0.29) is 0 Å². The lowest BCUT2D eigenvalue weighted by Gasteiger charge is -2.09. The highest BCUT2D eigenvalue weighted by atomic mass is 15.3. The molecule has 1 aromatic carbocycles. The van der Waals surface area contributed by atoms with E-state index in [9.17, 15) is 0 Å². The van der Waals surface area contributed by atoms with Crippen molar-refractivity contribution in [3.05, 3.63) is 66.7 Å². The number of nitrogen functional groups attached to an aromatic ring is 1. The summed E-state index contributed by atoms with van der Waals surface area (Å²) in [5, 5.41) is 4.61. The molecule has 0 spiro atoms. The Labute approximate surface area is 127 Å². The van der Waals surface area contributed by atoms with Gasteiger partial charge in [0.25, 0.3) is 0 Å². The van der Waals surface area contributed by atoms with Crippen LogP contribution in [0.4, 0.5) is 5.69 Å². The Bertz CT molecular complexity index is 950. The fourth-order valence-electron chi connectivity index (χ4n) is 2.64. The molecular formula is C17H15N5. The number of imidazole rings is 1. The number of benzene rings is 1. The van der Waals surface area contributed by atoms with Crippen molar-refractivity contribution in [3.8, 4) is 16.9 Å². The fourth-order valence-corrected chi connectivity index (χ4v) is 2.64. The van der Waals surface area contributed by atoms with Gasteiger partial charge in [-0.3, -0.25) is 9.55 Å². The third kappa shape index (κ3) is 1.87. The van der Waals surface area contributed by atoms with Gasteiger partial charge in [-0.2, -0.15) is 5.10 Å². The predicted octanol–water partition coefficient (Wildman–Crippen LogP) is 3.08. The number of nitrogens with two attached hydrogens (primary N) is 1. The first-order chi connectivity index (χ1) is 10.7. The second kappa shape index (κ2) is 4.73. The normalized spacial score (nSPS) is 11.1. The van der Waals surface area contributed by atoms with E-state index in [0.29, 0.717) is 0 Å². The summed E-state index contributed by atoms with van der Waals surface area (Å²) in [4.78, 5) is 4.15. The van der Waals surface area contributed by atoms with E-state index < -0.39 is 0 Å². The molecule has 4 aromatic rings. The minimum absolute atomic E-state index is 0.788. The van der Waals surface area contributed by atoms with Gasteiger partial charge in [0, 0.05) is 42.1 Å². The average molecular weight is 289 g/mol. The van der Waals surface area contributed by atoms with Crippen LogP contribution < -0.4 is 5.73 Å². The quantitative estimate of drug-likeness (QED) is 0.577. The maximum absolute atomic E-state index is 6.02. The van der Waals surface area contributed by atoms with Crippen LogP contribution >= 0.6 is 0 Å². The lowest BCUT2D eigenvalue weighted by atomic mass is 10.1. The SMILES string of the molecule is Cc1c(N)cccc1-n1ccn2nc(-c3cccnc3)cc12. The molecule has 0 radical (unpaired) electrons. The van der Waals surface area contributed by atoms with E-state index in [1.165, 1.54) is 0 Å². The Morgan fingerprint density at radius 1 is 1.09 bits per heavy atom. The zero-order valence-corrected chi connectivity index (χ0v) is 12.1. The van der Waals surface area contributed by atoms with Crippen LogP contribution in [0.5, 0.6) is 0 Å². The molecule has 0 amide bonds. The average Bonchev–Trinajstić information content (AvgIpc) is 3.12. The Kier molecular flexibility index (Phi) is 2.72. The molecule has 2 N–H and O–H groups in total. The van der Waals surface area contributed by atoms with Crippen LogP contribution in [-0.2, 0) is 0 Å². The van der Waals surface area contributed by atoms with Crippen LogP contribution in [0.25, 0.3) is 22.6 Å². The van der Waals surface area contributed by atoms with Gasteiger partial charge < -0.3 is 5.73 Å². The summed E-state index contributed by atoms with van der Waals surface area (Å²) in [6.45, 7) is 2.03. The van der Waals surface area contributed by atoms with Crippen LogP contribution in [0, 0.1) is 6.92 Å². The van der Waals surface area contributed by atoms with E-state index in [1.807, 2.05) is 54.3 Å². The Morgan fingerprint density at radius 2 is 2.00 bits per heavy atom. The second-order valence-electron chi connectivity index (χ2n) is 5.23. The zero-order valence-electron chi connectivity index (χ0n) is 12.1. The van der Waals surface area contributed by atoms with Gasteiger partial charge in [0.15, 0.2) is 0 Å². The van der Waals surface area contributed by atoms with E-state index in [1.54, 1.807) is 6.20 Å². The molecule has 0 saturated carbocycles. The number of anilines is 1. The van der Waals surface area contributed by atoms with Crippen molar-refractivity contribution in [1.29, 1.82) is 0 Å². The molecule has 0 saturated heterocycles. The molecule has 4 rings (SSSR count). The first kappa shape index (κ1) is 12.6. The molecular weight excluding hydrogens is 274 g/mol. The molecule has 0 bridgehead atoms. The maximum atomic E-state index is 6.02. The van der Waals surface area contributed by atoms with Crippen LogP contribution in [0.15, 0.2) is 61.2 Å². The predicted molar refractivity (Wildman–Crippen MR) is 86.9 cm³/mol. The maximum Gasteiger partial charge on any atom is 0.140 e. The van der Waals surface area contributed by atoms with E-state index in [2.05, 4.69) is 26.8 Å². The van der Waals surface area contributed by atoms with Crippen molar-refractivity contribution in [3.63, 3.8) is 0 Å². The van der Waals surface area contributed by atoms with E-state index >= 15 is 0 Å². The third-order valence-electron chi connectivity index (χ3n) is 3.88. The van der Waals surface area contributed by atoms with Gasteiger partial charge in [-0.25, -0.2) is 4.52 Å². The van der Waals surface area contributed by atoms with Crippen molar-refractivity contribution in [2.45, 2.75) is 6.92 Å². The van der Waals surface area contributed by atoms with Crippen LogP contribution in [0.1, 0.15) is 5.56 Å². The lowest BCUT2D eigenvalue weighted by molar-refractivity contribution is 0.968. The highest BCUT2D eigenvalue weighted by Crippen LogP contribution is 2.25. The van der Waals surface area contributed by atoms with Gasteiger partial charge in [-0.1, -0.05) is 6.07 Å². The molecule has 5 heteroatoms. The summed E-state index contributed by atoms with van der Waals surface area (Å²) >= 11 is 0. The van der Waals surface area contributed by atoms with Crippen molar-refractivity contribution in [2.75, 3.05) is 5.73 Å². The van der Waals surface area contributed by atoms with Gasteiger partial charge in [-0.05, 0) is 36.8 Å². The molecule has 0 aliphatic rings. The first-order valence-electron chi connectivity index (χ1n) is 7.06. The van der Waals surface area contributed by atoms with Gasteiger partial charge >= 0.3 is 0 Å². The molecule has 0 aliphatic carbocycles. The lowest BCUT2D eigenvalue weighted by Crippen LogP contribution is -1.99. The number of hydrogen-bond acceptors (Lipinski definition) is 3. The van der Waals surface area contributed by atoms with Crippen molar-refractivity contribution >= 4 is 11.3 Å². The number of nitrogens with zero attached hydrogens (tertiary/aromatic N) is 4. The molecule has 5 nitrogen and oxygen atoms in total.